The number of nitrogens with zero attached hydrogens (tertiary/aromatic N) is 1. The second-order valence-corrected chi connectivity index (χ2v) is 10.7. The van der Waals surface area contributed by atoms with Crippen molar-refractivity contribution in [1.29, 1.82) is 0 Å². The number of carbonyl (C=O) groups is 1. The SMILES string of the molecule is C=C(NCC1CC2CCC(C1)N2CC(=O)NC(C)(C)C)c1c(C)oc2c1CCCC2. The molecule has 3 aliphatic rings. The lowest BCUT2D eigenvalue weighted by atomic mass is 9.90. The highest BCUT2D eigenvalue weighted by atomic mass is 16.3. The number of amides is 1. The van der Waals surface area contributed by atoms with Crippen LogP contribution in [0, 0.1) is 12.8 Å². The van der Waals surface area contributed by atoms with Gasteiger partial charge in [-0.2, -0.15) is 0 Å². The molecule has 0 radical (unpaired) electrons. The Morgan fingerprint density at radius 1 is 1.17 bits per heavy atom. The van der Waals surface area contributed by atoms with Crippen LogP contribution in [0.3, 0.4) is 0 Å². The van der Waals surface area contributed by atoms with Crippen LogP contribution in [0.25, 0.3) is 5.70 Å². The Hall–Kier alpha value is -1.75. The first-order valence-corrected chi connectivity index (χ1v) is 11.8. The fraction of sp³-hybridized carbons (Fsp3) is 0.720. The number of rotatable bonds is 6. The number of nitrogens with one attached hydrogen (secondary N) is 2. The zero-order valence-electron chi connectivity index (χ0n) is 19.3. The molecule has 1 aliphatic carbocycles. The lowest BCUT2D eigenvalue weighted by molar-refractivity contribution is -0.125. The molecule has 2 unspecified atom stereocenters. The van der Waals surface area contributed by atoms with Gasteiger partial charge in [0.2, 0.25) is 5.91 Å². The van der Waals surface area contributed by atoms with Crippen molar-refractivity contribution in [3.8, 4) is 0 Å². The number of piperidine rings is 1. The van der Waals surface area contributed by atoms with Crippen molar-refractivity contribution < 1.29 is 9.21 Å². The van der Waals surface area contributed by atoms with Crippen LogP contribution >= 0.6 is 0 Å². The summed E-state index contributed by atoms with van der Waals surface area (Å²) in [5.74, 6) is 2.99. The van der Waals surface area contributed by atoms with Crippen molar-refractivity contribution in [3.05, 3.63) is 29.2 Å². The lowest BCUT2D eigenvalue weighted by Crippen LogP contribution is -2.51. The molecule has 1 amide bonds. The van der Waals surface area contributed by atoms with Crippen LogP contribution in [0.4, 0.5) is 0 Å². The Morgan fingerprint density at radius 2 is 1.83 bits per heavy atom. The highest BCUT2D eigenvalue weighted by Gasteiger charge is 2.41. The molecule has 1 aromatic rings. The van der Waals surface area contributed by atoms with Gasteiger partial charge in [-0.15, -0.1) is 0 Å². The number of hydrogen-bond donors (Lipinski definition) is 2. The predicted octanol–water partition coefficient (Wildman–Crippen LogP) is 4.18. The lowest BCUT2D eigenvalue weighted by Gasteiger charge is -2.39. The Morgan fingerprint density at radius 3 is 2.50 bits per heavy atom. The number of furan rings is 1. The molecule has 0 saturated carbocycles. The van der Waals surface area contributed by atoms with E-state index in [1.165, 1.54) is 55.4 Å². The Balaban J connectivity index is 1.31. The van der Waals surface area contributed by atoms with Gasteiger partial charge >= 0.3 is 0 Å². The summed E-state index contributed by atoms with van der Waals surface area (Å²) in [4.78, 5) is 14.9. The fourth-order valence-corrected chi connectivity index (χ4v) is 5.89. The van der Waals surface area contributed by atoms with Crippen LogP contribution in [-0.2, 0) is 17.6 Å². The van der Waals surface area contributed by atoms with Gasteiger partial charge in [-0.25, -0.2) is 0 Å². The molecule has 2 atom stereocenters. The maximum Gasteiger partial charge on any atom is 0.234 e. The number of aryl methyl sites for hydroxylation is 2. The molecular formula is C25H39N3O2. The first-order chi connectivity index (χ1) is 14.2. The topological polar surface area (TPSA) is 57.5 Å². The van der Waals surface area contributed by atoms with Gasteiger partial charge in [-0.3, -0.25) is 9.69 Å². The van der Waals surface area contributed by atoms with Crippen molar-refractivity contribution >= 4 is 11.6 Å². The van der Waals surface area contributed by atoms with E-state index in [1.807, 2.05) is 20.8 Å². The Bertz CT molecular complexity index is 790. The van der Waals surface area contributed by atoms with Gasteiger partial charge in [0.25, 0.3) is 0 Å². The fourth-order valence-electron chi connectivity index (χ4n) is 5.89. The minimum atomic E-state index is -0.164. The largest absolute Gasteiger partial charge is 0.465 e. The van der Waals surface area contributed by atoms with E-state index >= 15 is 0 Å². The molecule has 0 spiro atoms. The van der Waals surface area contributed by atoms with Crippen LogP contribution in [0.5, 0.6) is 0 Å². The second kappa shape index (κ2) is 8.41. The maximum atomic E-state index is 12.4. The zero-order valence-corrected chi connectivity index (χ0v) is 19.3. The predicted molar refractivity (Wildman–Crippen MR) is 121 cm³/mol. The van der Waals surface area contributed by atoms with Gasteiger partial charge in [0.15, 0.2) is 0 Å². The summed E-state index contributed by atoms with van der Waals surface area (Å²) in [5.41, 5.74) is 3.47. The van der Waals surface area contributed by atoms with Gasteiger partial charge in [0.1, 0.15) is 11.5 Å². The first-order valence-electron chi connectivity index (χ1n) is 11.8. The summed E-state index contributed by atoms with van der Waals surface area (Å²) in [5, 5.41) is 6.77. The third-order valence-corrected chi connectivity index (χ3v) is 7.08. The molecule has 1 aromatic heterocycles. The van der Waals surface area contributed by atoms with Gasteiger partial charge < -0.3 is 15.1 Å². The van der Waals surface area contributed by atoms with Crippen molar-refractivity contribution in [2.45, 2.75) is 96.7 Å². The number of hydrogen-bond acceptors (Lipinski definition) is 4. The summed E-state index contributed by atoms with van der Waals surface area (Å²) >= 11 is 0. The summed E-state index contributed by atoms with van der Waals surface area (Å²) in [6, 6.07) is 1.08. The molecule has 2 saturated heterocycles. The van der Waals surface area contributed by atoms with E-state index in [1.54, 1.807) is 0 Å². The summed E-state index contributed by atoms with van der Waals surface area (Å²) < 4.78 is 6.03. The highest BCUT2D eigenvalue weighted by Crippen LogP contribution is 2.39. The van der Waals surface area contributed by atoms with Gasteiger partial charge in [-0.05, 0) is 78.6 Å². The van der Waals surface area contributed by atoms with E-state index in [-0.39, 0.29) is 11.4 Å². The summed E-state index contributed by atoms with van der Waals surface area (Å²) in [7, 11) is 0. The van der Waals surface area contributed by atoms with E-state index in [2.05, 4.69) is 29.0 Å². The van der Waals surface area contributed by atoms with E-state index in [0.29, 0.717) is 24.5 Å². The van der Waals surface area contributed by atoms with Crippen LogP contribution < -0.4 is 10.6 Å². The van der Waals surface area contributed by atoms with E-state index in [0.717, 1.165) is 30.8 Å². The van der Waals surface area contributed by atoms with Crippen LogP contribution in [-0.4, -0.2) is 41.5 Å². The molecule has 3 heterocycles. The molecule has 2 N–H and O–H groups in total. The Kier molecular flexibility index (Phi) is 6.02. The monoisotopic (exact) mass is 413 g/mol. The van der Waals surface area contributed by atoms with Gasteiger partial charge in [-0.1, -0.05) is 6.58 Å². The minimum absolute atomic E-state index is 0.157. The number of carbonyl (C=O) groups excluding carboxylic acids is 1. The third kappa shape index (κ3) is 4.61. The average molecular weight is 414 g/mol. The number of fused-ring (bicyclic) bond motifs is 3. The van der Waals surface area contributed by atoms with Crippen LogP contribution in [0.15, 0.2) is 11.0 Å². The van der Waals surface area contributed by atoms with E-state index < -0.39 is 0 Å². The Labute approximate surface area is 181 Å². The average Bonchev–Trinajstić information content (AvgIpc) is 3.09. The van der Waals surface area contributed by atoms with E-state index in [9.17, 15) is 4.79 Å². The smallest absolute Gasteiger partial charge is 0.234 e. The maximum absolute atomic E-state index is 12.4. The first kappa shape index (κ1) is 21.5. The van der Waals surface area contributed by atoms with E-state index in [4.69, 9.17) is 4.42 Å². The van der Waals surface area contributed by atoms with Gasteiger partial charge in [0, 0.05) is 47.4 Å². The standard InChI is InChI=1S/C25H39N3O2/c1-16(24-17(2)30-22-9-7-6-8-21(22)24)26-14-18-12-19-10-11-20(13-18)28(19)15-23(29)27-25(3,4)5/h18-20,26H,1,6-15H2,2-5H3,(H,27,29). The summed E-state index contributed by atoms with van der Waals surface area (Å²) in [6.45, 7) is 14.1. The van der Waals surface area contributed by atoms with Crippen LogP contribution in [0.1, 0.15) is 81.9 Å². The van der Waals surface area contributed by atoms with Crippen molar-refractivity contribution in [2.24, 2.45) is 5.92 Å². The van der Waals surface area contributed by atoms with Crippen molar-refractivity contribution in [1.82, 2.24) is 15.5 Å². The molecule has 166 valence electrons. The zero-order chi connectivity index (χ0) is 21.5. The third-order valence-electron chi connectivity index (χ3n) is 7.08. The molecule has 2 aliphatic heterocycles. The molecule has 30 heavy (non-hydrogen) atoms. The second-order valence-electron chi connectivity index (χ2n) is 10.7. The molecule has 4 rings (SSSR count). The molecule has 2 bridgehead atoms. The molecular weight excluding hydrogens is 374 g/mol. The summed E-state index contributed by atoms with van der Waals surface area (Å²) in [6.07, 6.45) is 9.43. The molecule has 5 nitrogen and oxygen atoms in total. The van der Waals surface area contributed by atoms with Crippen LogP contribution in [0.2, 0.25) is 0 Å². The molecule has 5 heteroatoms. The van der Waals surface area contributed by atoms with Crippen molar-refractivity contribution in [2.75, 3.05) is 13.1 Å². The minimum Gasteiger partial charge on any atom is -0.465 e. The molecule has 2 fully saturated rings. The molecule has 0 aromatic carbocycles. The quantitative estimate of drug-likeness (QED) is 0.734. The van der Waals surface area contributed by atoms with Crippen molar-refractivity contribution in [3.63, 3.8) is 0 Å². The highest BCUT2D eigenvalue weighted by molar-refractivity contribution is 5.78. The van der Waals surface area contributed by atoms with Gasteiger partial charge in [0.05, 0.1) is 6.54 Å². The normalized spacial score (nSPS) is 26.3.